The first kappa shape index (κ1) is 52.9. The Labute approximate surface area is 419 Å². The highest BCUT2D eigenvalue weighted by Gasteiger charge is 2.35. The Balaban J connectivity index is 1.31. The Morgan fingerprint density at radius 1 is 0.514 bits per heavy atom. The Kier molecular flexibility index (Phi) is 16.7. The van der Waals surface area contributed by atoms with Crippen LogP contribution in [0.4, 0.5) is 11.4 Å². The summed E-state index contributed by atoms with van der Waals surface area (Å²) in [6.07, 6.45) is -8.66. The number of carbonyl (C=O) groups excluding carboxylic acids is 6. The van der Waals surface area contributed by atoms with E-state index in [9.17, 15) is 33.9 Å². The molecule has 0 fully saturated rings. The van der Waals surface area contributed by atoms with Crippen LogP contribution in [0.1, 0.15) is 17.2 Å². The number of aromatic nitrogens is 1. The number of nitrogens with one attached hydrogen (secondary N) is 5. The molecule has 0 saturated heterocycles. The number of aliphatic hydroxyl groups excluding tert-OH is 1. The Bertz CT molecular complexity index is 3170. The lowest BCUT2D eigenvalue weighted by molar-refractivity contribution is -0.136. The fourth-order valence-corrected chi connectivity index (χ4v) is 7.56. The summed E-state index contributed by atoms with van der Waals surface area (Å²) in [6, 6.07) is 30.0. The lowest BCUT2D eigenvalue weighted by Crippen LogP contribution is -2.58. The molecule has 0 bridgehead atoms. The minimum absolute atomic E-state index is 0.0882. The van der Waals surface area contributed by atoms with Gasteiger partial charge in [0.2, 0.25) is 36.8 Å². The molecule has 74 heavy (non-hydrogen) atoms. The summed E-state index contributed by atoms with van der Waals surface area (Å²) in [6.45, 7) is -0.0882. The van der Waals surface area contributed by atoms with E-state index in [0.717, 1.165) is 27.1 Å². The van der Waals surface area contributed by atoms with Crippen molar-refractivity contribution in [3.63, 3.8) is 0 Å². The number of carbonyl (C=O) groups is 6. The Morgan fingerprint density at radius 3 is 1.46 bits per heavy atom. The maximum Gasteiger partial charge on any atom is 0.270 e. The molecule has 0 aliphatic heterocycles. The van der Waals surface area contributed by atoms with Crippen LogP contribution < -0.4 is 88.8 Å². The molecule has 1 aromatic heterocycles. The molecular formula is C46H53N21O7. The number of benzene rings is 5. The van der Waals surface area contributed by atoms with Crippen molar-refractivity contribution in [3.05, 3.63) is 127 Å². The van der Waals surface area contributed by atoms with Crippen LogP contribution in [-0.2, 0) is 35.3 Å². The van der Waals surface area contributed by atoms with Gasteiger partial charge in [-0.3, -0.25) is 33.8 Å². The van der Waals surface area contributed by atoms with E-state index in [4.69, 9.17) is 57.3 Å². The lowest BCUT2D eigenvalue weighted by atomic mass is 9.96. The molecule has 6 amide bonds. The smallest absolute Gasteiger partial charge is 0.270 e. The van der Waals surface area contributed by atoms with Gasteiger partial charge in [0.25, 0.3) is 29.5 Å². The van der Waals surface area contributed by atoms with Gasteiger partial charge in [0.05, 0.1) is 16.9 Å². The van der Waals surface area contributed by atoms with E-state index in [1.54, 1.807) is 48.7 Å². The zero-order chi connectivity index (χ0) is 53.8. The van der Waals surface area contributed by atoms with Crippen molar-refractivity contribution in [3.8, 4) is 0 Å². The van der Waals surface area contributed by atoms with E-state index in [-0.39, 0.29) is 23.5 Å². The fraction of sp³-hybridized carbons (Fsp3) is 0.152. The third-order valence-corrected chi connectivity index (χ3v) is 10.8. The summed E-state index contributed by atoms with van der Waals surface area (Å²) >= 11 is 0. The maximum absolute atomic E-state index is 14.6. The van der Waals surface area contributed by atoms with Crippen molar-refractivity contribution in [1.82, 2.24) is 31.6 Å². The second-order valence-corrected chi connectivity index (χ2v) is 16.0. The van der Waals surface area contributed by atoms with Crippen LogP contribution in [0.3, 0.4) is 0 Å². The lowest BCUT2D eigenvalue weighted by Gasteiger charge is -2.32. The van der Waals surface area contributed by atoms with Gasteiger partial charge < -0.3 is 93.9 Å². The Morgan fingerprint density at radius 2 is 0.959 bits per heavy atom. The number of anilines is 2. The first-order valence-electron chi connectivity index (χ1n) is 21.9. The summed E-state index contributed by atoms with van der Waals surface area (Å²) in [5.74, 6) is -10.4. The molecule has 6 rings (SSSR count). The molecule has 6 atom stereocenters. The highest BCUT2D eigenvalue weighted by atomic mass is 16.3. The molecular weight excluding hydrogens is 959 g/mol. The predicted octanol–water partition coefficient (Wildman–Crippen LogP) is -4.35. The summed E-state index contributed by atoms with van der Waals surface area (Å²) < 4.78 is 0. The van der Waals surface area contributed by atoms with E-state index in [1.807, 2.05) is 59.9 Å². The summed E-state index contributed by atoms with van der Waals surface area (Å²) in [4.78, 5) is 102. The van der Waals surface area contributed by atoms with Crippen molar-refractivity contribution in [2.75, 3.05) is 10.6 Å². The second-order valence-electron chi connectivity index (χ2n) is 16.0. The number of aliphatic hydroxyl groups is 1. The number of nitrogen functional groups attached to an aromatic ring is 1. The number of rotatable bonds is 20. The van der Waals surface area contributed by atoms with Crippen molar-refractivity contribution >= 4 is 103 Å². The van der Waals surface area contributed by atoms with Crippen LogP contribution in [0.25, 0.3) is 32.4 Å². The van der Waals surface area contributed by atoms with E-state index >= 15 is 0 Å². The zero-order valence-electron chi connectivity index (χ0n) is 39.0. The van der Waals surface area contributed by atoms with Crippen LogP contribution in [0, 0.1) is 0 Å². The molecule has 5 aromatic carbocycles. The van der Waals surface area contributed by atoms with E-state index < -0.39 is 96.2 Å². The van der Waals surface area contributed by atoms with Crippen molar-refractivity contribution < 1.29 is 33.9 Å². The van der Waals surface area contributed by atoms with E-state index in [2.05, 4.69) is 46.2 Å². The van der Waals surface area contributed by atoms with Crippen LogP contribution in [0.5, 0.6) is 0 Å². The van der Waals surface area contributed by atoms with Gasteiger partial charge in [-0.2, -0.15) is 0 Å². The average Bonchev–Trinajstić information content (AvgIpc) is 3.35. The molecule has 0 aliphatic rings. The van der Waals surface area contributed by atoms with Crippen molar-refractivity contribution in [2.45, 2.75) is 43.5 Å². The number of pyridine rings is 1. The summed E-state index contributed by atoms with van der Waals surface area (Å²) in [7, 11) is 0. The molecule has 0 spiro atoms. The van der Waals surface area contributed by atoms with Gasteiger partial charge in [0.1, 0.15) is 6.04 Å². The number of amides is 6. The standard InChI is InChI=1S/C46H53N21O7/c47-30-26-15-8-18-57-28(26)16-17-29(30)67(20-27-24-13-6-4-11-22(24)19-23-12-5-7-14-25(23)27)42(74)41(73)58-31(21-9-2-1-3-10-21)37(69)60-34(64-44(51)52)39(71)62-36(66-46(55)56)40(72)61-35(65-45(53)54)38(70)59-33(32(48)68)63-43(49)50/h1-19,31,33-36,42,74H,20,47H2,(H2,48,68)(H,58,73)(H,59,70)(H,60,69)(H,61,72)(H,62,71)(H4,49,50,63)(H4,51,52,64)(H4,53,54,65)(H4,55,56,66). The van der Waals surface area contributed by atoms with Gasteiger partial charge in [0.15, 0.2) is 23.8 Å². The topological polar surface area (TPSA) is 509 Å². The molecule has 6 aromatic rings. The average molecular weight is 1010 g/mol. The number of nitrogens with zero attached hydrogens (tertiary/aromatic N) is 6. The molecule has 28 heteroatoms. The highest BCUT2D eigenvalue weighted by molar-refractivity contribution is 6.04. The highest BCUT2D eigenvalue weighted by Crippen LogP contribution is 2.36. The van der Waals surface area contributed by atoms with Gasteiger partial charge >= 0.3 is 0 Å². The number of aliphatic imine (C=N–C) groups is 4. The maximum atomic E-state index is 14.6. The largest absolute Gasteiger partial charge is 0.396 e. The minimum Gasteiger partial charge on any atom is -0.396 e. The van der Waals surface area contributed by atoms with Gasteiger partial charge in [-0.25, -0.2) is 20.0 Å². The predicted molar refractivity (Wildman–Crippen MR) is 277 cm³/mol. The third-order valence-electron chi connectivity index (χ3n) is 10.8. The molecule has 0 aliphatic carbocycles. The van der Waals surface area contributed by atoms with Crippen LogP contribution in [0.2, 0.25) is 0 Å². The molecule has 28 nitrogen and oxygen atoms in total. The van der Waals surface area contributed by atoms with Gasteiger partial charge in [-0.05, 0) is 63.0 Å². The number of primary amides is 1. The molecule has 0 radical (unpaired) electrons. The number of guanidine groups is 4. The van der Waals surface area contributed by atoms with E-state index in [0.29, 0.717) is 10.9 Å². The number of hydrogen-bond acceptors (Lipinski definition) is 14. The molecule has 0 saturated carbocycles. The summed E-state index contributed by atoms with van der Waals surface area (Å²) in [5, 5.41) is 27.4. The molecule has 384 valence electrons. The zero-order valence-corrected chi connectivity index (χ0v) is 39.0. The number of hydrogen-bond donors (Lipinski definition) is 16. The normalized spacial score (nSPS) is 13.3. The van der Waals surface area contributed by atoms with Crippen LogP contribution in [-0.4, -0.2) is 100 Å². The van der Waals surface area contributed by atoms with Gasteiger partial charge in [0, 0.05) is 18.1 Å². The molecule has 1 heterocycles. The third kappa shape index (κ3) is 13.0. The SMILES string of the molecule is NC(=O)C(N=C(N)N)NC(=O)C(N=C(N)N)NC(=O)C(N=C(N)N)NC(=O)C(N=C(N)N)NC(=O)C(NC(=O)C(O)N(Cc1c2ccccc2cc2ccccc12)c1ccc2ncccc2c1N)c1ccccc1. The first-order chi connectivity index (χ1) is 35.2. The number of fused-ring (bicyclic) bond motifs is 3. The van der Waals surface area contributed by atoms with Crippen LogP contribution >= 0.6 is 0 Å². The second kappa shape index (κ2) is 23.4. The van der Waals surface area contributed by atoms with Gasteiger partial charge in [-0.1, -0.05) is 78.9 Å². The van der Waals surface area contributed by atoms with Crippen molar-refractivity contribution in [2.24, 2.45) is 71.6 Å². The molecule has 26 N–H and O–H groups in total. The monoisotopic (exact) mass is 1010 g/mol. The Hall–Kier alpha value is -10.5. The fourth-order valence-electron chi connectivity index (χ4n) is 7.56. The first-order valence-corrected chi connectivity index (χ1v) is 21.9. The molecule has 6 unspecified atom stereocenters. The summed E-state index contributed by atoms with van der Waals surface area (Å²) in [5.41, 5.74) is 58.0. The van der Waals surface area contributed by atoms with Crippen LogP contribution in [0.15, 0.2) is 135 Å². The van der Waals surface area contributed by atoms with Crippen molar-refractivity contribution in [1.29, 1.82) is 0 Å². The van der Waals surface area contributed by atoms with Gasteiger partial charge in [-0.15, -0.1) is 0 Å². The van der Waals surface area contributed by atoms with E-state index in [1.165, 1.54) is 17.0 Å². The minimum atomic E-state index is -2.15. The quantitative estimate of drug-likeness (QED) is 0.0113. The number of nitrogens with two attached hydrogens (primary N) is 10.